The largest absolute Gasteiger partial charge is 0.329 e. The van der Waals surface area contributed by atoms with Crippen LogP contribution in [0.25, 0.3) is 0 Å². The fourth-order valence-corrected chi connectivity index (χ4v) is 2.91. The van der Waals surface area contributed by atoms with Gasteiger partial charge in [0, 0.05) is 28.1 Å². The maximum absolute atomic E-state index is 6.08. The van der Waals surface area contributed by atoms with E-state index in [1.54, 1.807) is 0 Å². The zero-order chi connectivity index (χ0) is 14.5. The molecule has 0 saturated heterocycles. The number of nitrogens with two attached hydrogens (primary N) is 1. The van der Waals surface area contributed by atoms with Crippen molar-refractivity contribution in [2.45, 2.75) is 19.0 Å². The molecular weight excluding hydrogens is 336 g/mol. The Morgan fingerprint density at radius 1 is 1.20 bits per heavy atom. The molecule has 106 valence electrons. The quantitative estimate of drug-likeness (QED) is 0.833. The van der Waals surface area contributed by atoms with Crippen LogP contribution in [0, 0.1) is 0 Å². The summed E-state index contributed by atoms with van der Waals surface area (Å²) < 4.78 is 1.02. The van der Waals surface area contributed by atoms with Gasteiger partial charge in [-0.3, -0.25) is 0 Å². The van der Waals surface area contributed by atoms with Gasteiger partial charge in [-0.15, -0.1) is 0 Å². The molecule has 0 aliphatic heterocycles. The Kier molecular flexibility index (Phi) is 5.61. The minimum Gasteiger partial charge on any atom is -0.329 e. The fourth-order valence-electron chi connectivity index (χ4n) is 2.21. The highest BCUT2D eigenvalue weighted by Gasteiger charge is 2.16. The molecule has 0 bridgehead atoms. The predicted octanol–water partition coefficient (Wildman–Crippen LogP) is 4.45. The summed E-state index contributed by atoms with van der Waals surface area (Å²) in [7, 11) is 0. The molecule has 2 atom stereocenters. The van der Waals surface area contributed by atoms with Gasteiger partial charge in [0.25, 0.3) is 0 Å². The van der Waals surface area contributed by atoms with E-state index in [0.29, 0.717) is 6.54 Å². The molecule has 2 unspecified atom stereocenters. The SMILES string of the molecule is CC(NC(CN)c1cc(Cl)ccc1Br)c1ccccc1. The van der Waals surface area contributed by atoms with Crippen molar-refractivity contribution < 1.29 is 0 Å². The standard InChI is InChI=1S/C16H18BrClN2/c1-11(12-5-3-2-4-6-12)20-16(10-19)14-9-13(18)7-8-15(14)17/h2-9,11,16,20H,10,19H2,1H3. The van der Waals surface area contributed by atoms with Gasteiger partial charge in [0.1, 0.15) is 0 Å². The van der Waals surface area contributed by atoms with Crippen LogP contribution in [0.3, 0.4) is 0 Å². The van der Waals surface area contributed by atoms with Crippen LogP contribution in [0.15, 0.2) is 53.0 Å². The normalized spacial score (nSPS) is 14.0. The summed E-state index contributed by atoms with van der Waals surface area (Å²) in [5.74, 6) is 0. The van der Waals surface area contributed by atoms with Crippen molar-refractivity contribution in [2.75, 3.05) is 6.54 Å². The summed E-state index contributed by atoms with van der Waals surface area (Å²) in [6.45, 7) is 2.65. The lowest BCUT2D eigenvalue weighted by molar-refractivity contribution is 0.472. The first-order chi connectivity index (χ1) is 9.61. The lowest BCUT2D eigenvalue weighted by Crippen LogP contribution is -2.30. The Morgan fingerprint density at radius 3 is 2.55 bits per heavy atom. The molecule has 0 aromatic heterocycles. The number of nitrogens with one attached hydrogen (secondary N) is 1. The van der Waals surface area contributed by atoms with E-state index in [2.05, 4.69) is 40.3 Å². The fraction of sp³-hybridized carbons (Fsp3) is 0.250. The first-order valence-electron chi connectivity index (χ1n) is 6.58. The van der Waals surface area contributed by atoms with Crippen LogP contribution in [-0.4, -0.2) is 6.54 Å². The molecule has 20 heavy (non-hydrogen) atoms. The van der Waals surface area contributed by atoms with Crippen molar-refractivity contribution in [2.24, 2.45) is 5.73 Å². The molecule has 0 fully saturated rings. The highest BCUT2D eigenvalue weighted by Crippen LogP contribution is 2.28. The van der Waals surface area contributed by atoms with Crippen LogP contribution in [-0.2, 0) is 0 Å². The lowest BCUT2D eigenvalue weighted by Gasteiger charge is -2.24. The Balaban J connectivity index is 2.19. The van der Waals surface area contributed by atoms with Gasteiger partial charge in [-0.2, -0.15) is 0 Å². The molecule has 0 aliphatic rings. The zero-order valence-corrected chi connectivity index (χ0v) is 13.7. The average molecular weight is 354 g/mol. The molecule has 2 nitrogen and oxygen atoms in total. The second-order valence-electron chi connectivity index (χ2n) is 4.75. The second-order valence-corrected chi connectivity index (χ2v) is 6.04. The van der Waals surface area contributed by atoms with Crippen molar-refractivity contribution in [3.05, 3.63) is 69.2 Å². The molecule has 2 aromatic rings. The van der Waals surface area contributed by atoms with Gasteiger partial charge in [0.2, 0.25) is 0 Å². The maximum atomic E-state index is 6.08. The van der Waals surface area contributed by atoms with E-state index in [-0.39, 0.29) is 12.1 Å². The highest BCUT2D eigenvalue weighted by atomic mass is 79.9. The summed E-state index contributed by atoms with van der Waals surface area (Å²) in [6.07, 6.45) is 0. The van der Waals surface area contributed by atoms with Crippen LogP contribution >= 0.6 is 27.5 Å². The molecule has 4 heteroatoms. The van der Waals surface area contributed by atoms with E-state index in [4.69, 9.17) is 17.3 Å². The molecular formula is C16H18BrClN2. The summed E-state index contributed by atoms with van der Waals surface area (Å²) in [4.78, 5) is 0. The molecule has 2 aromatic carbocycles. The predicted molar refractivity (Wildman–Crippen MR) is 88.9 cm³/mol. The molecule has 2 rings (SSSR count). The first-order valence-corrected chi connectivity index (χ1v) is 7.75. The smallest absolute Gasteiger partial charge is 0.0460 e. The minimum absolute atomic E-state index is 0.0540. The van der Waals surface area contributed by atoms with Crippen LogP contribution < -0.4 is 11.1 Å². The van der Waals surface area contributed by atoms with E-state index < -0.39 is 0 Å². The van der Waals surface area contributed by atoms with E-state index >= 15 is 0 Å². The van der Waals surface area contributed by atoms with Crippen LogP contribution in [0.2, 0.25) is 5.02 Å². The van der Waals surface area contributed by atoms with E-state index in [0.717, 1.165) is 15.1 Å². The number of rotatable bonds is 5. The van der Waals surface area contributed by atoms with Crippen molar-refractivity contribution in [3.63, 3.8) is 0 Å². The third-order valence-corrected chi connectivity index (χ3v) is 4.28. The molecule has 0 amide bonds. The first kappa shape index (κ1) is 15.5. The van der Waals surface area contributed by atoms with E-state index in [1.807, 2.05) is 36.4 Å². The Morgan fingerprint density at radius 2 is 1.90 bits per heavy atom. The van der Waals surface area contributed by atoms with Crippen LogP contribution in [0.5, 0.6) is 0 Å². The number of halogens is 2. The van der Waals surface area contributed by atoms with Gasteiger partial charge in [-0.05, 0) is 36.2 Å². The number of hydrogen-bond acceptors (Lipinski definition) is 2. The number of benzene rings is 2. The van der Waals surface area contributed by atoms with Gasteiger partial charge >= 0.3 is 0 Å². The lowest BCUT2D eigenvalue weighted by atomic mass is 10.0. The van der Waals surface area contributed by atoms with Crippen LogP contribution in [0.4, 0.5) is 0 Å². The average Bonchev–Trinajstić information content (AvgIpc) is 2.48. The zero-order valence-electron chi connectivity index (χ0n) is 11.3. The molecule has 0 radical (unpaired) electrons. The third kappa shape index (κ3) is 3.83. The van der Waals surface area contributed by atoms with Gasteiger partial charge in [-0.1, -0.05) is 57.9 Å². The van der Waals surface area contributed by atoms with E-state index in [1.165, 1.54) is 5.56 Å². The van der Waals surface area contributed by atoms with Crippen molar-refractivity contribution in [3.8, 4) is 0 Å². The summed E-state index contributed by atoms with van der Waals surface area (Å²) >= 11 is 9.65. The van der Waals surface area contributed by atoms with Crippen molar-refractivity contribution >= 4 is 27.5 Å². The number of hydrogen-bond donors (Lipinski definition) is 2. The van der Waals surface area contributed by atoms with Crippen LogP contribution in [0.1, 0.15) is 30.1 Å². The van der Waals surface area contributed by atoms with E-state index in [9.17, 15) is 0 Å². The maximum Gasteiger partial charge on any atom is 0.0460 e. The summed E-state index contributed by atoms with van der Waals surface area (Å²) in [5, 5.41) is 4.27. The minimum atomic E-state index is 0.0540. The van der Waals surface area contributed by atoms with Gasteiger partial charge < -0.3 is 11.1 Å². The third-order valence-electron chi connectivity index (χ3n) is 3.32. The van der Waals surface area contributed by atoms with Crippen molar-refractivity contribution in [1.82, 2.24) is 5.32 Å². The second kappa shape index (κ2) is 7.23. The molecule has 3 N–H and O–H groups in total. The highest BCUT2D eigenvalue weighted by molar-refractivity contribution is 9.10. The molecule has 0 aliphatic carbocycles. The summed E-state index contributed by atoms with van der Waals surface area (Å²) in [5.41, 5.74) is 8.25. The van der Waals surface area contributed by atoms with Gasteiger partial charge in [0.15, 0.2) is 0 Å². The topological polar surface area (TPSA) is 38.0 Å². The monoisotopic (exact) mass is 352 g/mol. The Labute approximate surface area is 133 Å². The van der Waals surface area contributed by atoms with Crippen molar-refractivity contribution in [1.29, 1.82) is 0 Å². The van der Waals surface area contributed by atoms with Gasteiger partial charge in [0.05, 0.1) is 0 Å². The summed E-state index contributed by atoms with van der Waals surface area (Å²) in [6, 6.07) is 16.4. The Hall–Kier alpha value is -0.870. The molecule has 0 spiro atoms. The Bertz CT molecular complexity index is 560. The molecule has 0 saturated carbocycles. The van der Waals surface area contributed by atoms with Gasteiger partial charge in [-0.25, -0.2) is 0 Å². The molecule has 0 heterocycles.